The second-order valence-corrected chi connectivity index (χ2v) is 4.48. The van der Waals surface area contributed by atoms with Crippen LogP contribution in [0.2, 0.25) is 0 Å². The zero-order valence-electron chi connectivity index (χ0n) is 5.97. The summed E-state index contributed by atoms with van der Waals surface area (Å²) in [6, 6.07) is 2.83. The first-order chi connectivity index (χ1) is 5.17. The van der Waals surface area contributed by atoms with Crippen LogP contribution in [0.1, 0.15) is 0 Å². The summed E-state index contributed by atoms with van der Waals surface area (Å²) in [7, 11) is -3.27. The van der Waals surface area contributed by atoms with Gasteiger partial charge < -0.3 is 0 Å². The fraction of sp³-hybridized carbons (Fsp3) is 0.167. The minimum atomic E-state index is -3.27. The van der Waals surface area contributed by atoms with E-state index in [1.807, 2.05) is 0 Å². The van der Waals surface area contributed by atoms with Crippen molar-refractivity contribution in [3.8, 4) is 0 Å². The van der Waals surface area contributed by atoms with Crippen molar-refractivity contribution in [2.24, 2.45) is 0 Å². The molecular weight excluding hydrogens is 221 g/mol. The number of hydrogen-bond acceptors (Lipinski definition) is 3. The van der Waals surface area contributed by atoms with Crippen LogP contribution in [0.15, 0.2) is 29.4 Å². The first kappa shape index (κ1) is 11.7. The van der Waals surface area contributed by atoms with E-state index < -0.39 is 15.0 Å². The smallest absolute Gasteiger partial charge is 0.192 e. The summed E-state index contributed by atoms with van der Waals surface area (Å²) >= 11 is 5.22. The van der Waals surface area contributed by atoms with Gasteiger partial charge in [0, 0.05) is 12.4 Å². The highest BCUT2D eigenvalue weighted by molar-refractivity contribution is 7.92. The zero-order valence-corrected chi connectivity index (χ0v) is 8.36. The van der Waals surface area contributed by atoms with Crippen LogP contribution in [-0.2, 0) is 9.84 Å². The van der Waals surface area contributed by atoms with Crippen LogP contribution in [-0.4, -0.2) is 18.6 Å². The maximum Gasteiger partial charge on any atom is 0.192 e. The monoisotopic (exact) mass is 227 g/mol. The van der Waals surface area contributed by atoms with E-state index in [1.165, 1.54) is 24.5 Å². The van der Waals surface area contributed by atoms with Gasteiger partial charge in [-0.1, -0.05) is 0 Å². The molecule has 0 aliphatic carbocycles. The third kappa shape index (κ3) is 2.62. The van der Waals surface area contributed by atoms with E-state index in [4.69, 9.17) is 11.6 Å². The van der Waals surface area contributed by atoms with Crippen molar-refractivity contribution in [1.82, 2.24) is 4.98 Å². The van der Waals surface area contributed by atoms with Crippen LogP contribution in [0.25, 0.3) is 0 Å². The lowest BCUT2D eigenvalue weighted by molar-refractivity contribution is 0.600. The van der Waals surface area contributed by atoms with Crippen LogP contribution >= 0.6 is 24.0 Å². The molecule has 0 aromatic carbocycles. The number of halogens is 2. The van der Waals surface area contributed by atoms with Gasteiger partial charge >= 0.3 is 0 Å². The number of hydrogen-bond donors (Lipinski definition) is 0. The lowest BCUT2D eigenvalue weighted by Gasteiger charge is -1.96. The lowest BCUT2D eigenvalue weighted by Crippen LogP contribution is -2.01. The Morgan fingerprint density at radius 2 is 1.83 bits per heavy atom. The highest BCUT2D eigenvalue weighted by Crippen LogP contribution is 2.09. The Morgan fingerprint density at radius 3 is 2.25 bits per heavy atom. The van der Waals surface area contributed by atoms with Crippen LogP contribution in [0.5, 0.6) is 0 Å². The summed E-state index contributed by atoms with van der Waals surface area (Å²) in [5.74, 6) is 0. The largest absolute Gasteiger partial charge is 0.265 e. The van der Waals surface area contributed by atoms with E-state index in [1.54, 1.807) is 0 Å². The Labute approximate surface area is 82.1 Å². The van der Waals surface area contributed by atoms with Crippen LogP contribution in [0, 0.1) is 0 Å². The molecule has 12 heavy (non-hydrogen) atoms. The summed E-state index contributed by atoms with van der Waals surface area (Å²) in [5.41, 5.74) is 0. The minimum absolute atomic E-state index is 0. The topological polar surface area (TPSA) is 47.0 Å². The second kappa shape index (κ2) is 4.64. The van der Waals surface area contributed by atoms with Gasteiger partial charge in [-0.15, -0.1) is 24.0 Å². The first-order valence-corrected chi connectivity index (χ1v) is 5.04. The molecule has 68 valence electrons. The van der Waals surface area contributed by atoms with Crippen molar-refractivity contribution in [2.75, 3.05) is 5.21 Å². The molecule has 0 N–H and O–H groups in total. The minimum Gasteiger partial charge on any atom is -0.265 e. The molecule has 6 heteroatoms. The third-order valence-electron chi connectivity index (χ3n) is 1.15. The van der Waals surface area contributed by atoms with Gasteiger partial charge in [-0.3, -0.25) is 4.98 Å². The number of alkyl halides is 1. The van der Waals surface area contributed by atoms with Gasteiger partial charge in [0.05, 0.1) is 4.90 Å². The van der Waals surface area contributed by atoms with E-state index >= 15 is 0 Å². The molecule has 0 atom stereocenters. The predicted octanol–water partition coefficient (Wildman–Crippen LogP) is 1.47. The number of sulfone groups is 1. The highest BCUT2D eigenvalue weighted by Gasteiger charge is 2.10. The third-order valence-corrected chi connectivity index (χ3v) is 3.29. The van der Waals surface area contributed by atoms with E-state index in [-0.39, 0.29) is 17.3 Å². The molecule has 3 nitrogen and oxygen atoms in total. The number of pyridine rings is 1. The molecule has 0 aliphatic heterocycles. The molecule has 1 rings (SSSR count). The molecule has 0 fully saturated rings. The normalized spacial score (nSPS) is 10.4. The van der Waals surface area contributed by atoms with Crippen molar-refractivity contribution in [2.45, 2.75) is 4.90 Å². The molecule has 0 saturated carbocycles. The van der Waals surface area contributed by atoms with Crippen molar-refractivity contribution >= 4 is 33.8 Å². The van der Waals surface area contributed by atoms with Crippen LogP contribution in [0.4, 0.5) is 0 Å². The van der Waals surface area contributed by atoms with Crippen molar-refractivity contribution in [1.29, 1.82) is 0 Å². The standard InChI is InChI=1S/C6H6ClNO2S.ClH/c7-5-11(9,10)6-1-3-8-4-2-6;/h1-4H,5H2;1H. The number of aromatic nitrogens is 1. The Morgan fingerprint density at radius 1 is 1.33 bits per heavy atom. The first-order valence-electron chi connectivity index (χ1n) is 2.85. The number of nitrogens with zero attached hydrogens (tertiary/aromatic N) is 1. The Hall–Kier alpha value is -0.320. The predicted molar refractivity (Wildman–Crippen MR) is 49.4 cm³/mol. The molecule has 1 aromatic rings. The molecule has 0 unspecified atom stereocenters. The van der Waals surface area contributed by atoms with Crippen molar-refractivity contribution < 1.29 is 8.42 Å². The molecule has 0 radical (unpaired) electrons. The number of rotatable bonds is 2. The average Bonchev–Trinajstić information content (AvgIpc) is 2.06. The quantitative estimate of drug-likeness (QED) is 0.720. The molecule has 0 aliphatic rings. The van der Waals surface area contributed by atoms with Gasteiger partial charge in [0.25, 0.3) is 0 Å². The molecule has 1 heterocycles. The average molecular weight is 228 g/mol. The van der Waals surface area contributed by atoms with Gasteiger partial charge in [-0.05, 0) is 12.1 Å². The van der Waals surface area contributed by atoms with Gasteiger partial charge in [-0.25, -0.2) is 8.42 Å². The van der Waals surface area contributed by atoms with E-state index in [9.17, 15) is 8.42 Å². The highest BCUT2D eigenvalue weighted by atomic mass is 35.5. The maximum atomic E-state index is 11.0. The van der Waals surface area contributed by atoms with Crippen molar-refractivity contribution in [3.05, 3.63) is 24.5 Å². The molecule has 0 amide bonds. The Kier molecular flexibility index (Phi) is 4.52. The van der Waals surface area contributed by atoms with E-state index in [0.29, 0.717) is 0 Å². The van der Waals surface area contributed by atoms with Crippen LogP contribution < -0.4 is 0 Å². The molecular formula is C6H7Cl2NO2S. The summed E-state index contributed by atoms with van der Waals surface area (Å²) < 4.78 is 22.1. The van der Waals surface area contributed by atoms with Gasteiger partial charge in [0.2, 0.25) is 0 Å². The van der Waals surface area contributed by atoms with Gasteiger partial charge in [0.15, 0.2) is 9.84 Å². The zero-order chi connectivity index (χ0) is 8.32. The lowest BCUT2D eigenvalue weighted by atomic mass is 10.5. The van der Waals surface area contributed by atoms with E-state index in [2.05, 4.69) is 4.98 Å². The second-order valence-electron chi connectivity index (χ2n) is 1.91. The van der Waals surface area contributed by atoms with E-state index in [0.717, 1.165) is 0 Å². The Bertz CT molecular complexity index is 325. The fourth-order valence-corrected chi connectivity index (χ4v) is 1.65. The van der Waals surface area contributed by atoms with Gasteiger partial charge in [0.1, 0.15) is 5.21 Å². The van der Waals surface area contributed by atoms with Crippen LogP contribution in [0.3, 0.4) is 0 Å². The molecule has 0 bridgehead atoms. The molecule has 0 spiro atoms. The maximum absolute atomic E-state index is 11.0. The SMILES string of the molecule is Cl.O=S(=O)(CCl)c1ccncc1. The molecule has 0 saturated heterocycles. The summed E-state index contributed by atoms with van der Waals surface area (Å²) in [4.78, 5) is 3.90. The van der Waals surface area contributed by atoms with Gasteiger partial charge in [-0.2, -0.15) is 0 Å². The summed E-state index contributed by atoms with van der Waals surface area (Å²) in [6.45, 7) is 0. The molecule has 1 aromatic heterocycles. The fourth-order valence-electron chi connectivity index (χ4n) is 0.609. The van der Waals surface area contributed by atoms with Crippen molar-refractivity contribution in [3.63, 3.8) is 0 Å². The summed E-state index contributed by atoms with van der Waals surface area (Å²) in [6.07, 6.45) is 2.83. The summed E-state index contributed by atoms with van der Waals surface area (Å²) in [5, 5.41) is -0.392. The Balaban J connectivity index is 0.00000121.